The standard InChI is InChI=1S/C29H25Cl2NO/c1-20(32-29(33)25-11-9-23(10-12-25)22-5-3-2-4-6-22)28(24-13-17-27(31)18-14-24)19-21-7-15-26(30)16-8-21/h2-18,20,28H,19H2,1H3,(H,32,33)/t20?,28-/m0/s1. The van der Waals surface area contributed by atoms with E-state index in [0.717, 1.165) is 28.7 Å². The maximum absolute atomic E-state index is 13.0. The van der Waals surface area contributed by atoms with Crippen molar-refractivity contribution in [3.63, 3.8) is 0 Å². The molecule has 1 amide bonds. The lowest BCUT2D eigenvalue weighted by Crippen LogP contribution is -2.37. The highest BCUT2D eigenvalue weighted by atomic mass is 35.5. The molecule has 0 radical (unpaired) electrons. The van der Waals surface area contributed by atoms with Crippen molar-refractivity contribution in [1.29, 1.82) is 0 Å². The molecule has 4 rings (SSSR count). The molecule has 4 aromatic carbocycles. The number of hydrogen-bond donors (Lipinski definition) is 1. The number of halogens is 2. The average molecular weight is 474 g/mol. The summed E-state index contributed by atoms with van der Waals surface area (Å²) >= 11 is 12.2. The summed E-state index contributed by atoms with van der Waals surface area (Å²) in [6.07, 6.45) is 0.771. The first-order valence-corrected chi connectivity index (χ1v) is 11.7. The first kappa shape index (κ1) is 23.1. The smallest absolute Gasteiger partial charge is 0.251 e. The van der Waals surface area contributed by atoms with Gasteiger partial charge in [0.15, 0.2) is 0 Å². The maximum Gasteiger partial charge on any atom is 0.251 e. The Morgan fingerprint density at radius 3 is 1.88 bits per heavy atom. The predicted octanol–water partition coefficient (Wildman–Crippen LogP) is 7.81. The van der Waals surface area contributed by atoms with E-state index in [9.17, 15) is 4.79 Å². The molecule has 0 saturated carbocycles. The van der Waals surface area contributed by atoms with Crippen LogP contribution in [0.4, 0.5) is 0 Å². The predicted molar refractivity (Wildman–Crippen MR) is 138 cm³/mol. The first-order chi connectivity index (χ1) is 16.0. The Morgan fingerprint density at radius 2 is 1.27 bits per heavy atom. The quantitative estimate of drug-likeness (QED) is 0.291. The minimum atomic E-state index is -0.0943. The Labute approximate surface area is 205 Å². The van der Waals surface area contributed by atoms with E-state index in [0.29, 0.717) is 15.6 Å². The van der Waals surface area contributed by atoms with Crippen LogP contribution in [-0.4, -0.2) is 11.9 Å². The van der Waals surface area contributed by atoms with Gasteiger partial charge in [0.1, 0.15) is 0 Å². The van der Waals surface area contributed by atoms with E-state index in [2.05, 4.69) is 17.4 Å². The van der Waals surface area contributed by atoms with Crippen molar-refractivity contribution in [1.82, 2.24) is 5.32 Å². The number of nitrogens with one attached hydrogen (secondary N) is 1. The second kappa shape index (κ2) is 10.7. The topological polar surface area (TPSA) is 29.1 Å². The van der Waals surface area contributed by atoms with Crippen LogP contribution in [-0.2, 0) is 6.42 Å². The van der Waals surface area contributed by atoms with Crippen molar-refractivity contribution in [2.75, 3.05) is 0 Å². The Balaban J connectivity index is 1.51. The minimum absolute atomic E-state index is 0.0796. The highest BCUT2D eigenvalue weighted by Gasteiger charge is 2.22. The Bertz CT molecular complexity index is 1190. The molecule has 2 nitrogen and oxygen atoms in total. The normalized spacial score (nSPS) is 12.7. The van der Waals surface area contributed by atoms with Crippen LogP contribution in [0.5, 0.6) is 0 Å². The van der Waals surface area contributed by atoms with E-state index in [1.165, 1.54) is 0 Å². The summed E-state index contributed by atoms with van der Waals surface area (Å²) in [6.45, 7) is 2.05. The van der Waals surface area contributed by atoms with E-state index in [4.69, 9.17) is 23.2 Å². The molecule has 0 heterocycles. The van der Waals surface area contributed by atoms with Gasteiger partial charge in [-0.3, -0.25) is 4.79 Å². The van der Waals surface area contributed by atoms with Gasteiger partial charge < -0.3 is 5.32 Å². The van der Waals surface area contributed by atoms with Crippen molar-refractivity contribution in [2.24, 2.45) is 0 Å². The van der Waals surface area contributed by atoms with Gasteiger partial charge in [-0.05, 0) is 72.0 Å². The summed E-state index contributed by atoms with van der Waals surface area (Å²) in [7, 11) is 0. The third kappa shape index (κ3) is 6.04. The van der Waals surface area contributed by atoms with E-state index in [1.54, 1.807) is 0 Å². The van der Waals surface area contributed by atoms with Crippen molar-refractivity contribution >= 4 is 29.1 Å². The number of rotatable bonds is 7. The van der Waals surface area contributed by atoms with Gasteiger partial charge in [-0.25, -0.2) is 0 Å². The highest BCUT2D eigenvalue weighted by molar-refractivity contribution is 6.30. The number of carbonyl (C=O) groups is 1. The molecule has 0 aromatic heterocycles. The lowest BCUT2D eigenvalue weighted by atomic mass is 9.86. The lowest BCUT2D eigenvalue weighted by Gasteiger charge is -2.26. The van der Waals surface area contributed by atoms with E-state index in [-0.39, 0.29) is 17.9 Å². The molecule has 4 aromatic rings. The zero-order valence-electron chi connectivity index (χ0n) is 18.3. The molecule has 4 heteroatoms. The summed E-state index contributed by atoms with van der Waals surface area (Å²) in [6, 6.07) is 33.5. The van der Waals surface area contributed by atoms with E-state index < -0.39 is 0 Å². The molecule has 0 spiro atoms. The van der Waals surface area contributed by atoms with Gasteiger partial charge in [-0.2, -0.15) is 0 Å². The zero-order chi connectivity index (χ0) is 23.2. The van der Waals surface area contributed by atoms with Crippen LogP contribution in [0.15, 0.2) is 103 Å². The SMILES string of the molecule is CC(NC(=O)c1ccc(-c2ccccc2)cc1)[C@H](Cc1ccc(Cl)cc1)c1ccc(Cl)cc1. The fourth-order valence-corrected chi connectivity index (χ4v) is 4.26. The highest BCUT2D eigenvalue weighted by Crippen LogP contribution is 2.27. The van der Waals surface area contributed by atoms with Crippen LogP contribution in [0.2, 0.25) is 10.0 Å². The fraction of sp³-hybridized carbons (Fsp3) is 0.138. The first-order valence-electron chi connectivity index (χ1n) is 11.0. The monoisotopic (exact) mass is 473 g/mol. The molecular formula is C29H25Cl2NO. The number of hydrogen-bond acceptors (Lipinski definition) is 1. The van der Waals surface area contributed by atoms with Crippen LogP contribution < -0.4 is 5.32 Å². The van der Waals surface area contributed by atoms with Crippen LogP contribution >= 0.6 is 23.2 Å². The lowest BCUT2D eigenvalue weighted by molar-refractivity contribution is 0.0934. The van der Waals surface area contributed by atoms with Crippen LogP contribution in [0.3, 0.4) is 0 Å². The summed E-state index contributed by atoms with van der Waals surface area (Å²) in [5.74, 6) is -0.00633. The van der Waals surface area contributed by atoms with Gasteiger partial charge in [-0.1, -0.05) is 89.9 Å². The molecule has 1 unspecified atom stereocenters. The van der Waals surface area contributed by atoms with Gasteiger partial charge in [0.05, 0.1) is 0 Å². The number of benzene rings is 4. The van der Waals surface area contributed by atoms with E-state index in [1.807, 2.05) is 97.9 Å². The molecule has 0 bridgehead atoms. The number of carbonyl (C=O) groups excluding carboxylic acids is 1. The number of amides is 1. The van der Waals surface area contributed by atoms with E-state index >= 15 is 0 Å². The molecular weight excluding hydrogens is 449 g/mol. The zero-order valence-corrected chi connectivity index (χ0v) is 19.9. The van der Waals surface area contributed by atoms with Crippen molar-refractivity contribution in [3.8, 4) is 11.1 Å². The van der Waals surface area contributed by atoms with Gasteiger partial charge >= 0.3 is 0 Å². The van der Waals surface area contributed by atoms with Gasteiger partial charge in [0.2, 0.25) is 0 Å². The molecule has 1 N–H and O–H groups in total. The second-order valence-electron chi connectivity index (χ2n) is 8.19. The minimum Gasteiger partial charge on any atom is -0.349 e. The molecule has 0 aliphatic carbocycles. The Kier molecular flexibility index (Phi) is 7.49. The van der Waals surface area contributed by atoms with Crippen LogP contribution in [0.1, 0.15) is 34.3 Å². The van der Waals surface area contributed by atoms with Gasteiger partial charge in [0, 0.05) is 27.6 Å². The molecule has 0 aliphatic rings. The fourth-order valence-electron chi connectivity index (χ4n) is 4.00. The van der Waals surface area contributed by atoms with Crippen molar-refractivity contribution in [2.45, 2.75) is 25.3 Å². The largest absolute Gasteiger partial charge is 0.349 e. The van der Waals surface area contributed by atoms with Crippen molar-refractivity contribution in [3.05, 3.63) is 130 Å². The molecule has 2 atom stereocenters. The summed E-state index contributed by atoms with van der Waals surface area (Å²) < 4.78 is 0. The Morgan fingerprint density at radius 1 is 0.727 bits per heavy atom. The second-order valence-corrected chi connectivity index (χ2v) is 9.07. The molecule has 0 saturated heterocycles. The molecule has 166 valence electrons. The van der Waals surface area contributed by atoms with Gasteiger partial charge in [0.25, 0.3) is 5.91 Å². The van der Waals surface area contributed by atoms with Gasteiger partial charge in [-0.15, -0.1) is 0 Å². The average Bonchev–Trinajstić information content (AvgIpc) is 2.85. The third-order valence-corrected chi connectivity index (χ3v) is 6.39. The molecule has 0 fully saturated rings. The molecule has 33 heavy (non-hydrogen) atoms. The summed E-state index contributed by atoms with van der Waals surface area (Å²) in [5.41, 5.74) is 5.14. The van der Waals surface area contributed by atoms with Crippen LogP contribution in [0.25, 0.3) is 11.1 Å². The van der Waals surface area contributed by atoms with Crippen LogP contribution in [0, 0.1) is 0 Å². The van der Waals surface area contributed by atoms with Crippen molar-refractivity contribution < 1.29 is 4.79 Å². The maximum atomic E-state index is 13.0. The summed E-state index contributed by atoms with van der Waals surface area (Å²) in [5, 5.41) is 4.61. The summed E-state index contributed by atoms with van der Waals surface area (Å²) in [4.78, 5) is 13.0. The Hall–Kier alpha value is -3.07. The third-order valence-electron chi connectivity index (χ3n) is 5.88. The molecule has 0 aliphatic heterocycles.